The van der Waals surface area contributed by atoms with Gasteiger partial charge in [-0.1, -0.05) is 0 Å². The number of nitrogens with two attached hydrogens (primary N) is 1. The molecule has 1 rings (SSSR count). The normalized spacial score (nSPS) is 24.3. The van der Waals surface area contributed by atoms with Crippen LogP contribution >= 0.6 is 0 Å². The highest BCUT2D eigenvalue weighted by molar-refractivity contribution is 5.78. The van der Waals surface area contributed by atoms with E-state index in [2.05, 4.69) is 0 Å². The smallest absolute Gasteiger partial charge is 0.225 e. The first-order chi connectivity index (χ1) is 8.54. The van der Waals surface area contributed by atoms with E-state index in [-0.39, 0.29) is 17.9 Å². The van der Waals surface area contributed by atoms with Gasteiger partial charge in [0, 0.05) is 19.5 Å². The number of carbonyl (C=O) groups is 1. The van der Waals surface area contributed by atoms with Crippen LogP contribution in [0.3, 0.4) is 0 Å². The molecule has 106 valence electrons. The molecule has 0 aliphatic heterocycles. The summed E-state index contributed by atoms with van der Waals surface area (Å²) in [5.41, 5.74) is 5.67. The summed E-state index contributed by atoms with van der Waals surface area (Å²) >= 11 is 0. The van der Waals surface area contributed by atoms with Gasteiger partial charge in [-0.05, 0) is 52.0 Å². The van der Waals surface area contributed by atoms with Gasteiger partial charge in [0.15, 0.2) is 0 Å². The van der Waals surface area contributed by atoms with Crippen molar-refractivity contribution in [2.45, 2.75) is 45.6 Å². The Morgan fingerprint density at radius 1 is 1.33 bits per heavy atom. The Hall–Kier alpha value is -0.610. The zero-order valence-electron chi connectivity index (χ0n) is 12.0. The molecule has 18 heavy (non-hydrogen) atoms. The molecule has 1 aliphatic rings. The largest absolute Gasteiger partial charge is 0.377 e. The zero-order chi connectivity index (χ0) is 13.5. The lowest BCUT2D eigenvalue weighted by molar-refractivity contribution is -0.136. The van der Waals surface area contributed by atoms with Crippen LogP contribution in [0.15, 0.2) is 0 Å². The van der Waals surface area contributed by atoms with Crippen molar-refractivity contribution in [1.82, 2.24) is 4.90 Å². The molecule has 0 aromatic carbocycles. The van der Waals surface area contributed by atoms with Gasteiger partial charge in [0.1, 0.15) is 0 Å². The SMILES string of the molecule is CC(C)OCCN(C)C(=O)C1CCC(CN)CC1. The zero-order valence-corrected chi connectivity index (χ0v) is 12.0. The fourth-order valence-corrected chi connectivity index (χ4v) is 2.49. The highest BCUT2D eigenvalue weighted by atomic mass is 16.5. The van der Waals surface area contributed by atoms with Crippen LogP contribution < -0.4 is 5.73 Å². The molecule has 0 radical (unpaired) electrons. The number of likely N-dealkylation sites (N-methyl/N-ethyl adjacent to an activating group) is 1. The maximum Gasteiger partial charge on any atom is 0.225 e. The number of carbonyl (C=O) groups excluding carboxylic acids is 1. The van der Waals surface area contributed by atoms with Gasteiger partial charge in [-0.15, -0.1) is 0 Å². The van der Waals surface area contributed by atoms with Crippen LogP contribution in [0.4, 0.5) is 0 Å². The monoisotopic (exact) mass is 256 g/mol. The third-order valence-electron chi connectivity index (χ3n) is 3.78. The van der Waals surface area contributed by atoms with E-state index in [1.165, 1.54) is 0 Å². The summed E-state index contributed by atoms with van der Waals surface area (Å²) < 4.78 is 5.47. The summed E-state index contributed by atoms with van der Waals surface area (Å²) in [4.78, 5) is 14.0. The number of rotatable bonds is 6. The molecule has 0 atom stereocenters. The van der Waals surface area contributed by atoms with E-state index in [9.17, 15) is 4.79 Å². The third-order valence-corrected chi connectivity index (χ3v) is 3.78. The molecule has 0 spiro atoms. The molecule has 4 nitrogen and oxygen atoms in total. The summed E-state index contributed by atoms with van der Waals surface area (Å²) in [6, 6.07) is 0. The van der Waals surface area contributed by atoms with Crippen LogP contribution in [0.25, 0.3) is 0 Å². The van der Waals surface area contributed by atoms with Crippen molar-refractivity contribution in [3.8, 4) is 0 Å². The van der Waals surface area contributed by atoms with E-state index in [0.717, 1.165) is 32.2 Å². The van der Waals surface area contributed by atoms with Crippen molar-refractivity contribution < 1.29 is 9.53 Å². The molecular weight excluding hydrogens is 228 g/mol. The van der Waals surface area contributed by atoms with E-state index in [1.54, 1.807) is 0 Å². The molecule has 2 N–H and O–H groups in total. The second kappa shape index (κ2) is 7.74. The lowest BCUT2D eigenvalue weighted by Crippen LogP contribution is -2.37. The van der Waals surface area contributed by atoms with Gasteiger partial charge in [0.05, 0.1) is 12.7 Å². The number of nitrogens with zero attached hydrogens (tertiary/aromatic N) is 1. The Morgan fingerprint density at radius 2 is 1.94 bits per heavy atom. The van der Waals surface area contributed by atoms with Gasteiger partial charge in [0.2, 0.25) is 5.91 Å². The maximum absolute atomic E-state index is 12.2. The Labute approximate surface area is 111 Å². The van der Waals surface area contributed by atoms with Gasteiger partial charge in [0.25, 0.3) is 0 Å². The highest BCUT2D eigenvalue weighted by Gasteiger charge is 2.27. The minimum absolute atomic E-state index is 0.205. The lowest BCUT2D eigenvalue weighted by atomic mass is 9.81. The Balaban J connectivity index is 2.26. The first-order valence-corrected chi connectivity index (χ1v) is 7.11. The van der Waals surface area contributed by atoms with Crippen LogP contribution in [0, 0.1) is 11.8 Å². The molecule has 0 aromatic rings. The van der Waals surface area contributed by atoms with E-state index < -0.39 is 0 Å². The van der Waals surface area contributed by atoms with E-state index >= 15 is 0 Å². The van der Waals surface area contributed by atoms with Gasteiger partial charge in [-0.3, -0.25) is 4.79 Å². The summed E-state index contributed by atoms with van der Waals surface area (Å²) in [5.74, 6) is 1.11. The second-order valence-electron chi connectivity index (χ2n) is 5.63. The van der Waals surface area contributed by atoms with Gasteiger partial charge in [-0.2, -0.15) is 0 Å². The van der Waals surface area contributed by atoms with Gasteiger partial charge in [-0.25, -0.2) is 0 Å². The number of ether oxygens (including phenoxy) is 1. The second-order valence-corrected chi connectivity index (χ2v) is 5.63. The van der Waals surface area contributed by atoms with Gasteiger partial charge >= 0.3 is 0 Å². The Morgan fingerprint density at radius 3 is 2.44 bits per heavy atom. The van der Waals surface area contributed by atoms with Crippen molar-refractivity contribution in [2.75, 3.05) is 26.7 Å². The molecule has 0 unspecified atom stereocenters. The molecule has 0 heterocycles. The fourth-order valence-electron chi connectivity index (χ4n) is 2.49. The summed E-state index contributed by atoms with van der Waals surface area (Å²) in [5, 5.41) is 0. The predicted octanol–water partition coefficient (Wildman–Crippen LogP) is 1.63. The maximum atomic E-state index is 12.2. The number of hydrogen-bond acceptors (Lipinski definition) is 3. The van der Waals surface area contributed by atoms with E-state index in [0.29, 0.717) is 19.1 Å². The van der Waals surface area contributed by atoms with Gasteiger partial charge < -0.3 is 15.4 Å². The van der Waals surface area contributed by atoms with Crippen molar-refractivity contribution in [2.24, 2.45) is 17.6 Å². The van der Waals surface area contributed by atoms with Crippen LogP contribution in [-0.2, 0) is 9.53 Å². The standard InChI is InChI=1S/C14H28N2O2/c1-11(2)18-9-8-16(3)14(17)13-6-4-12(10-15)5-7-13/h11-13H,4-10,15H2,1-3H3. The first kappa shape index (κ1) is 15.4. The minimum atomic E-state index is 0.205. The van der Waals surface area contributed by atoms with Crippen LogP contribution in [0.1, 0.15) is 39.5 Å². The first-order valence-electron chi connectivity index (χ1n) is 7.11. The van der Waals surface area contributed by atoms with Crippen molar-refractivity contribution >= 4 is 5.91 Å². The topological polar surface area (TPSA) is 55.6 Å². The summed E-state index contributed by atoms with van der Waals surface area (Å²) in [6.07, 6.45) is 4.42. The lowest BCUT2D eigenvalue weighted by Gasteiger charge is -2.30. The Kier molecular flexibility index (Phi) is 6.65. The molecule has 1 fully saturated rings. The molecule has 0 bridgehead atoms. The van der Waals surface area contributed by atoms with E-state index in [4.69, 9.17) is 10.5 Å². The molecule has 1 aliphatic carbocycles. The molecule has 1 saturated carbocycles. The predicted molar refractivity (Wildman–Crippen MR) is 73.2 cm³/mol. The third kappa shape index (κ3) is 4.94. The minimum Gasteiger partial charge on any atom is -0.377 e. The summed E-state index contributed by atoms with van der Waals surface area (Å²) in [6.45, 7) is 6.09. The molecule has 1 amide bonds. The fraction of sp³-hybridized carbons (Fsp3) is 0.929. The average molecular weight is 256 g/mol. The highest BCUT2D eigenvalue weighted by Crippen LogP contribution is 2.29. The van der Waals surface area contributed by atoms with Crippen LogP contribution in [-0.4, -0.2) is 43.7 Å². The number of hydrogen-bond donors (Lipinski definition) is 1. The Bertz CT molecular complexity index is 248. The average Bonchev–Trinajstić information content (AvgIpc) is 2.37. The van der Waals surface area contributed by atoms with Crippen molar-refractivity contribution in [3.63, 3.8) is 0 Å². The molecule has 0 aromatic heterocycles. The molecule has 0 saturated heterocycles. The number of amides is 1. The quantitative estimate of drug-likeness (QED) is 0.786. The molecular formula is C14H28N2O2. The van der Waals surface area contributed by atoms with Crippen LogP contribution in [0.5, 0.6) is 0 Å². The van der Waals surface area contributed by atoms with Crippen LogP contribution in [0.2, 0.25) is 0 Å². The van der Waals surface area contributed by atoms with Crippen molar-refractivity contribution in [1.29, 1.82) is 0 Å². The van der Waals surface area contributed by atoms with E-state index in [1.807, 2.05) is 25.8 Å². The summed E-state index contributed by atoms with van der Waals surface area (Å²) in [7, 11) is 1.88. The van der Waals surface area contributed by atoms with Crippen molar-refractivity contribution in [3.05, 3.63) is 0 Å². The molecule has 4 heteroatoms.